The number of hydrogen-bond donors (Lipinski definition) is 1. The molecule has 1 amide bonds. The van der Waals surface area contributed by atoms with Gasteiger partial charge in [-0.15, -0.1) is 10.2 Å². The number of anilines is 1. The minimum Gasteiger partial charge on any atom is -0.319 e. The summed E-state index contributed by atoms with van der Waals surface area (Å²) in [7, 11) is 0. The molecule has 26 heavy (non-hydrogen) atoms. The van der Waals surface area contributed by atoms with Crippen molar-refractivity contribution in [2.75, 3.05) is 5.32 Å². The second-order valence-corrected chi connectivity index (χ2v) is 6.42. The van der Waals surface area contributed by atoms with Crippen molar-refractivity contribution in [3.05, 3.63) is 65.7 Å². The second-order valence-electron chi connectivity index (χ2n) is 6.42. The predicted octanol–water partition coefficient (Wildman–Crippen LogP) is 4.06. The van der Waals surface area contributed by atoms with Crippen LogP contribution in [0.25, 0.3) is 11.4 Å². The largest absolute Gasteiger partial charge is 0.319 e. The summed E-state index contributed by atoms with van der Waals surface area (Å²) in [4.78, 5) is 12.3. The van der Waals surface area contributed by atoms with Crippen LogP contribution in [-0.4, -0.2) is 20.7 Å². The van der Waals surface area contributed by atoms with Crippen LogP contribution in [0.1, 0.15) is 35.4 Å². The van der Waals surface area contributed by atoms with E-state index < -0.39 is 5.82 Å². The van der Waals surface area contributed by atoms with Crippen molar-refractivity contribution in [1.29, 1.82) is 0 Å². The van der Waals surface area contributed by atoms with Gasteiger partial charge in [0.2, 0.25) is 0 Å². The van der Waals surface area contributed by atoms with Crippen LogP contribution in [0.5, 0.6) is 0 Å². The normalized spacial score (nSPS) is 13.7. The summed E-state index contributed by atoms with van der Waals surface area (Å²) >= 11 is 0. The van der Waals surface area contributed by atoms with E-state index in [-0.39, 0.29) is 11.6 Å². The fraction of sp³-hybridized carbons (Fsp3) is 0.250. The van der Waals surface area contributed by atoms with Crippen molar-refractivity contribution in [3.8, 4) is 11.4 Å². The Bertz CT molecular complexity index is 936. The number of aryl methyl sites for hydroxylation is 1. The Morgan fingerprint density at radius 1 is 1.04 bits per heavy atom. The molecule has 0 saturated heterocycles. The molecule has 0 aliphatic carbocycles. The van der Waals surface area contributed by atoms with Gasteiger partial charge in [0.15, 0.2) is 5.82 Å². The molecule has 6 heteroatoms. The lowest BCUT2D eigenvalue weighted by Gasteiger charge is -2.10. The molecule has 0 radical (unpaired) electrons. The number of nitrogens with zero attached hydrogens (tertiary/aromatic N) is 3. The fourth-order valence-corrected chi connectivity index (χ4v) is 3.24. The zero-order valence-electron chi connectivity index (χ0n) is 14.3. The van der Waals surface area contributed by atoms with Gasteiger partial charge in [-0.3, -0.25) is 4.79 Å². The van der Waals surface area contributed by atoms with Gasteiger partial charge >= 0.3 is 0 Å². The molecule has 0 atom stereocenters. The lowest BCUT2D eigenvalue weighted by Crippen LogP contribution is -2.13. The minimum absolute atomic E-state index is 0.141. The number of rotatable bonds is 3. The third-order valence-electron chi connectivity index (χ3n) is 4.62. The van der Waals surface area contributed by atoms with E-state index in [2.05, 4.69) is 20.1 Å². The van der Waals surface area contributed by atoms with Gasteiger partial charge < -0.3 is 9.88 Å². The summed E-state index contributed by atoms with van der Waals surface area (Å²) in [6.45, 7) is 0.862. The molecule has 132 valence electrons. The maximum Gasteiger partial charge on any atom is 0.255 e. The number of carbonyl (C=O) groups is 1. The summed E-state index contributed by atoms with van der Waals surface area (Å²) in [6.07, 6.45) is 4.27. The Morgan fingerprint density at radius 2 is 1.88 bits per heavy atom. The lowest BCUT2D eigenvalue weighted by atomic mass is 10.1. The van der Waals surface area contributed by atoms with Gasteiger partial charge in [-0.05, 0) is 43.2 Å². The average Bonchev–Trinajstić information content (AvgIpc) is 2.92. The summed E-state index contributed by atoms with van der Waals surface area (Å²) in [5.41, 5.74) is 1.37. The molecule has 5 nitrogen and oxygen atoms in total. The van der Waals surface area contributed by atoms with Gasteiger partial charge in [-0.2, -0.15) is 0 Å². The molecule has 3 aromatic rings. The van der Waals surface area contributed by atoms with Gasteiger partial charge in [0.25, 0.3) is 5.91 Å². The highest BCUT2D eigenvalue weighted by atomic mass is 19.1. The summed E-state index contributed by atoms with van der Waals surface area (Å²) in [6, 6.07) is 13.4. The summed E-state index contributed by atoms with van der Waals surface area (Å²) in [5.74, 6) is 0.865. The van der Waals surface area contributed by atoms with Crippen LogP contribution in [0.4, 0.5) is 10.1 Å². The van der Waals surface area contributed by atoms with E-state index in [4.69, 9.17) is 0 Å². The Balaban J connectivity index is 1.65. The maximum absolute atomic E-state index is 14.2. The van der Waals surface area contributed by atoms with Crippen LogP contribution in [0.3, 0.4) is 0 Å². The topological polar surface area (TPSA) is 59.8 Å². The van der Waals surface area contributed by atoms with Crippen molar-refractivity contribution < 1.29 is 9.18 Å². The number of benzene rings is 2. The first-order valence-electron chi connectivity index (χ1n) is 8.81. The van der Waals surface area contributed by atoms with Gasteiger partial charge in [-0.1, -0.05) is 24.6 Å². The Hall–Kier alpha value is -3.02. The van der Waals surface area contributed by atoms with Crippen LogP contribution in [0.2, 0.25) is 0 Å². The van der Waals surface area contributed by atoms with E-state index in [1.165, 1.54) is 12.5 Å². The minimum atomic E-state index is -0.478. The Labute approximate surface area is 150 Å². The highest BCUT2D eigenvalue weighted by Crippen LogP contribution is 2.26. The highest BCUT2D eigenvalue weighted by molar-refractivity contribution is 6.04. The van der Waals surface area contributed by atoms with Crippen LogP contribution in [-0.2, 0) is 13.0 Å². The molecule has 2 heterocycles. The standard InChI is InChI=1S/C20H19FN4O/c21-16-11-10-15(19-24-23-18-9-5-2-6-12-25(18)19)13-17(16)22-20(26)14-7-3-1-4-8-14/h1,3-4,7-8,10-11,13H,2,5-6,9,12H2,(H,22,26). The molecule has 0 unspecified atom stereocenters. The quantitative estimate of drug-likeness (QED) is 0.775. The molecule has 1 aliphatic rings. The number of hydrogen-bond acceptors (Lipinski definition) is 3. The third-order valence-corrected chi connectivity index (χ3v) is 4.62. The third kappa shape index (κ3) is 3.22. The maximum atomic E-state index is 14.2. The molecule has 1 N–H and O–H groups in total. The van der Waals surface area contributed by atoms with Crippen molar-refractivity contribution >= 4 is 11.6 Å². The van der Waals surface area contributed by atoms with E-state index in [0.29, 0.717) is 5.56 Å². The van der Waals surface area contributed by atoms with E-state index in [1.54, 1.807) is 36.4 Å². The van der Waals surface area contributed by atoms with Gasteiger partial charge in [-0.25, -0.2) is 4.39 Å². The van der Waals surface area contributed by atoms with E-state index in [1.807, 2.05) is 6.07 Å². The lowest BCUT2D eigenvalue weighted by molar-refractivity contribution is 0.102. The number of aromatic nitrogens is 3. The van der Waals surface area contributed by atoms with E-state index in [9.17, 15) is 9.18 Å². The second kappa shape index (κ2) is 7.07. The van der Waals surface area contributed by atoms with Gasteiger partial charge in [0.1, 0.15) is 11.6 Å². The first kappa shape index (κ1) is 16.4. The Morgan fingerprint density at radius 3 is 2.73 bits per heavy atom. The molecule has 1 aliphatic heterocycles. The first-order chi connectivity index (χ1) is 12.7. The molecule has 0 spiro atoms. The molecule has 0 bridgehead atoms. The molecule has 1 aromatic heterocycles. The van der Waals surface area contributed by atoms with E-state index in [0.717, 1.165) is 43.0 Å². The number of nitrogens with one attached hydrogen (secondary N) is 1. The van der Waals surface area contributed by atoms with Crippen molar-refractivity contribution in [2.45, 2.75) is 32.2 Å². The first-order valence-corrected chi connectivity index (χ1v) is 8.81. The van der Waals surface area contributed by atoms with Crippen LogP contribution in [0, 0.1) is 5.82 Å². The van der Waals surface area contributed by atoms with Crippen LogP contribution < -0.4 is 5.32 Å². The van der Waals surface area contributed by atoms with E-state index >= 15 is 0 Å². The number of halogens is 1. The molecule has 0 saturated carbocycles. The Kier molecular flexibility index (Phi) is 4.48. The molecule has 0 fully saturated rings. The van der Waals surface area contributed by atoms with Crippen molar-refractivity contribution in [2.24, 2.45) is 0 Å². The highest BCUT2D eigenvalue weighted by Gasteiger charge is 2.18. The smallest absolute Gasteiger partial charge is 0.255 e. The van der Waals surface area contributed by atoms with Gasteiger partial charge in [0.05, 0.1) is 5.69 Å². The van der Waals surface area contributed by atoms with Gasteiger partial charge in [0, 0.05) is 24.1 Å². The molecular formula is C20H19FN4O. The summed E-state index contributed by atoms with van der Waals surface area (Å²) < 4.78 is 16.3. The molecule has 4 rings (SSSR count). The number of fused-ring (bicyclic) bond motifs is 1. The monoisotopic (exact) mass is 350 g/mol. The van der Waals surface area contributed by atoms with Crippen molar-refractivity contribution in [3.63, 3.8) is 0 Å². The van der Waals surface area contributed by atoms with Crippen LogP contribution >= 0.6 is 0 Å². The predicted molar refractivity (Wildman–Crippen MR) is 97.4 cm³/mol. The average molecular weight is 350 g/mol. The molecule has 2 aromatic carbocycles. The van der Waals surface area contributed by atoms with Crippen molar-refractivity contribution in [1.82, 2.24) is 14.8 Å². The zero-order valence-corrected chi connectivity index (χ0v) is 14.3. The van der Waals surface area contributed by atoms with Crippen LogP contribution in [0.15, 0.2) is 48.5 Å². The number of amides is 1. The zero-order chi connectivity index (χ0) is 17.9. The number of carbonyl (C=O) groups excluding carboxylic acids is 1. The SMILES string of the molecule is O=C(Nc1cc(-c2nnc3n2CCCCC3)ccc1F)c1ccccc1. The summed E-state index contributed by atoms with van der Waals surface area (Å²) in [5, 5.41) is 11.2. The molecular weight excluding hydrogens is 331 g/mol. The fourth-order valence-electron chi connectivity index (χ4n) is 3.24.